The lowest BCUT2D eigenvalue weighted by atomic mass is 10.1. The second-order valence-electron chi connectivity index (χ2n) is 7.46. The number of ether oxygens (including phenoxy) is 1. The van der Waals surface area contributed by atoms with Crippen LogP contribution in [0.2, 0.25) is 0 Å². The molecule has 0 bridgehead atoms. The Kier molecular flexibility index (Phi) is 6.88. The number of thioether (sulfide) groups is 1. The van der Waals surface area contributed by atoms with E-state index in [0.717, 1.165) is 40.4 Å². The number of benzene rings is 3. The lowest BCUT2D eigenvalue weighted by Gasteiger charge is -2.12. The van der Waals surface area contributed by atoms with Gasteiger partial charge in [0.1, 0.15) is 5.75 Å². The van der Waals surface area contributed by atoms with Crippen molar-refractivity contribution in [1.29, 1.82) is 0 Å². The maximum atomic E-state index is 12.7. The molecule has 1 heterocycles. The van der Waals surface area contributed by atoms with E-state index in [1.165, 1.54) is 18.2 Å². The predicted molar refractivity (Wildman–Crippen MR) is 129 cm³/mol. The van der Waals surface area contributed by atoms with Gasteiger partial charge in [-0.25, -0.2) is 4.79 Å². The number of hydrogen-bond acceptors (Lipinski definition) is 9. The summed E-state index contributed by atoms with van der Waals surface area (Å²) in [4.78, 5) is 59.2. The quantitative estimate of drug-likeness (QED) is 0.143. The fourth-order valence-electron chi connectivity index (χ4n) is 3.28. The number of nitro groups is 2. The number of esters is 1. The average molecular weight is 505 g/mol. The topological polar surface area (TPSA) is 150 Å². The number of imide groups is 1. The van der Waals surface area contributed by atoms with Crippen LogP contribution in [0.15, 0.2) is 77.7 Å². The molecule has 3 aromatic carbocycles. The molecule has 36 heavy (non-hydrogen) atoms. The highest BCUT2D eigenvalue weighted by Gasteiger charge is 2.34. The van der Waals surface area contributed by atoms with Crippen molar-refractivity contribution >= 4 is 46.3 Å². The molecule has 1 fully saturated rings. The molecule has 0 unspecified atom stereocenters. The van der Waals surface area contributed by atoms with Crippen molar-refractivity contribution in [2.24, 2.45) is 0 Å². The fraction of sp³-hybridized carbons (Fsp3) is 0.0417. The minimum Gasteiger partial charge on any atom is -0.423 e. The highest BCUT2D eigenvalue weighted by molar-refractivity contribution is 8.18. The Morgan fingerprint density at radius 1 is 0.917 bits per heavy atom. The second-order valence-corrected chi connectivity index (χ2v) is 8.46. The Morgan fingerprint density at radius 3 is 2.11 bits per heavy atom. The Bertz CT molecular complexity index is 1390. The number of non-ortho nitro benzene ring substituents is 2. The smallest absolute Gasteiger partial charge is 0.344 e. The zero-order valence-electron chi connectivity index (χ0n) is 18.2. The van der Waals surface area contributed by atoms with E-state index in [0.29, 0.717) is 5.56 Å². The summed E-state index contributed by atoms with van der Waals surface area (Å²) in [5.74, 6) is -1.36. The zero-order chi connectivity index (χ0) is 25.8. The van der Waals surface area contributed by atoms with E-state index in [4.69, 9.17) is 4.74 Å². The molecule has 1 aliphatic rings. The van der Waals surface area contributed by atoms with Gasteiger partial charge < -0.3 is 4.74 Å². The van der Waals surface area contributed by atoms with E-state index < -0.39 is 33.1 Å². The molecule has 0 radical (unpaired) electrons. The molecule has 0 N–H and O–H groups in total. The number of rotatable bonds is 7. The number of carbonyl (C=O) groups excluding carboxylic acids is 3. The van der Waals surface area contributed by atoms with Crippen LogP contribution in [0, 0.1) is 20.2 Å². The molecule has 2 amide bonds. The molecule has 1 aliphatic heterocycles. The fourth-order valence-corrected chi connectivity index (χ4v) is 4.11. The first-order valence-corrected chi connectivity index (χ1v) is 11.1. The van der Waals surface area contributed by atoms with Crippen LogP contribution in [-0.2, 0) is 11.3 Å². The van der Waals surface area contributed by atoms with Crippen LogP contribution in [0.3, 0.4) is 0 Å². The molecule has 0 spiro atoms. The van der Waals surface area contributed by atoms with Crippen LogP contribution in [0.4, 0.5) is 16.2 Å². The second kappa shape index (κ2) is 10.2. The molecule has 4 rings (SSSR count). The van der Waals surface area contributed by atoms with E-state index in [2.05, 4.69) is 0 Å². The van der Waals surface area contributed by atoms with Gasteiger partial charge in [0.15, 0.2) is 0 Å². The Hall–Kier alpha value is -4.84. The van der Waals surface area contributed by atoms with Gasteiger partial charge in [0.2, 0.25) is 0 Å². The van der Waals surface area contributed by atoms with Crippen molar-refractivity contribution in [3.8, 4) is 5.75 Å². The van der Waals surface area contributed by atoms with Crippen LogP contribution in [0.5, 0.6) is 5.75 Å². The van der Waals surface area contributed by atoms with Crippen molar-refractivity contribution in [2.75, 3.05) is 0 Å². The highest BCUT2D eigenvalue weighted by Crippen LogP contribution is 2.33. The van der Waals surface area contributed by atoms with Crippen LogP contribution in [0.25, 0.3) is 6.08 Å². The van der Waals surface area contributed by atoms with Crippen LogP contribution >= 0.6 is 11.8 Å². The molecular formula is C24H15N3O8S. The Labute approximate surface area is 207 Å². The highest BCUT2D eigenvalue weighted by atomic mass is 32.2. The third kappa shape index (κ3) is 5.45. The zero-order valence-corrected chi connectivity index (χ0v) is 19.0. The summed E-state index contributed by atoms with van der Waals surface area (Å²) in [7, 11) is 0. The summed E-state index contributed by atoms with van der Waals surface area (Å²) in [5, 5.41) is 21.7. The maximum absolute atomic E-state index is 12.7. The number of hydrogen-bond donors (Lipinski definition) is 0. The van der Waals surface area contributed by atoms with Crippen LogP contribution in [0.1, 0.15) is 21.5 Å². The Balaban J connectivity index is 1.47. The molecule has 0 atom stereocenters. The molecule has 3 aromatic rings. The first-order chi connectivity index (χ1) is 17.2. The summed E-state index contributed by atoms with van der Waals surface area (Å²) >= 11 is 0.818. The lowest BCUT2D eigenvalue weighted by molar-refractivity contribution is -0.394. The number of nitro benzene ring substituents is 2. The first kappa shape index (κ1) is 24.3. The SMILES string of the molecule is O=C(Oc1ccc(/C=C2\SC(=O)N(Cc3ccccc3)C2=O)cc1)c1cc([N+](=O)[O-])cc([N+](=O)[O-])c1. The van der Waals surface area contributed by atoms with E-state index in [9.17, 15) is 34.6 Å². The third-order valence-corrected chi connectivity index (χ3v) is 5.91. The molecule has 180 valence electrons. The number of carbonyl (C=O) groups is 3. The molecule has 1 saturated heterocycles. The monoisotopic (exact) mass is 505 g/mol. The van der Waals surface area contributed by atoms with Crippen molar-refractivity contribution in [1.82, 2.24) is 4.90 Å². The first-order valence-electron chi connectivity index (χ1n) is 10.3. The summed E-state index contributed by atoms with van der Waals surface area (Å²) in [6.45, 7) is 0.160. The van der Waals surface area contributed by atoms with Gasteiger partial charge in [-0.1, -0.05) is 42.5 Å². The number of amides is 2. The van der Waals surface area contributed by atoms with E-state index in [1.54, 1.807) is 12.1 Å². The summed E-state index contributed by atoms with van der Waals surface area (Å²) in [6, 6.07) is 17.6. The minimum atomic E-state index is -1.02. The van der Waals surface area contributed by atoms with Gasteiger partial charge in [0.25, 0.3) is 22.5 Å². The predicted octanol–water partition coefficient (Wildman–Crippen LogP) is 4.96. The normalized spacial score (nSPS) is 14.2. The Morgan fingerprint density at radius 2 is 1.53 bits per heavy atom. The molecular weight excluding hydrogens is 490 g/mol. The van der Waals surface area contributed by atoms with Gasteiger partial charge in [-0.05, 0) is 41.1 Å². The van der Waals surface area contributed by atoms with E-state index in [1.807, 2.05) is 30.3 Å². The maximum Gasteiger partial charge on any atom is 0.344 e. The standard InChI is InChI=1S/C24H15N3O8S/c28-22-21(36-24(30)25(22)14-16-4-2-1-3-5-16)10-15-6-8-20(9-7-15)35-23(29)17-11-18(26(31)32)13-19(12-17)27(33)34/h1-13H,14H2/b21-10-. The van der Waals surface area contributed by atoms with E-state index >= 15 is 0 Å². The van der Waals surface area contributed by atoms with Gasteiger partial charge in [-0.15, -0.1) is 0 Å². The molecule has 11 nitrogen and oxygen atoms in total. The largest absolute Gasteiger partial charge is 0.423 e. The molecule has 0 aliphatic carbocycles. The van der Waals surface area contributed by atoms with Gasteiger partial charge in [0, 0.05) is 12.1 Å². The van der Waals surface area contributed by atoms with Gasteiger partial charge in [-0.3, -0.25) is 34.7 Å². The van der Waals surface area contributed by atoms with Crippen LogP contribution < -0.4 is 4.74 Å². The summed E-state index contributed by atoms with van der Waals surface area (Å²) in [6.07, 6.45) is 1.53. The number of nitrogens with zero attached hydrogens (tertiary/aromatic N) is 3. The minimum absolute atomic E-state index is 0.0727. The van der Waals surface area contributed by atoms with Gasteiger partial charge in [0.05, 0.1) is 32.9 Å². The van der Waals surface area contributed by atoms with Crippen molar-refractivity contribution in [2.45, 2.75) is 6.54 Å². The van der Waals surface area contributed by atoms with Crippen molar-refractivity contribution < 1.29 is 29.0 Å². The molecule has 0 aromatic heterocycles. The summed E-state index contributed by atoms with van der Waals surface area (Å²) in [5.41, 5.74) is -0.209. The average Bonchev–Trinajstić information content (AvgIpc) is 3.12. The van der Waals surface area contributed by atoms with Gasteiger partial charge in [-0.2, -0.15) is 0 Å². The summed E-state index contributed by atoms with van der Waals surface area (Å²) < 4.78 is 5.18. The molecule has 0 saturated carbocycles. The van der Waals surface area contributed by atoms with E-state index in [-0.39, 0.29) is 28.0 Å². The molecule has 12 heteroatoms. The van der Waals surface area contributed by atoms with Crippen LogP contribution in [-0.4, -0.2) is 31.9 Å². The van der Waals surface area contributed by atoms with Crippen molar-refractivity contribution in [3.05, 3.63) is 115 Å². The lowest BCUT2D eigenvalue weighted by Crippen LogP contribution is -2.27. The third-order valence-electron chi connectivity index (χ3n) is 5.01. The van der Waals surface area contributed by atoms with Gasteiger partial charge >= 0.3 is 5.97 Å². The van der Waals surface area contributed by atoms with Crippen molar-refractivity contribution in [3.63, 3.8) is 0 Å².